The predicted octanol–water partition coefficient (Wildman–Crippen LogP) is 4.50. The van der Waals surface area contributed by atoms with Crippen LogP contribution in [0.3, 0.4) is 0 Å². The number of aliphatic imine (C=N–C) groups is 1. The number of likely N-dealkylation sites (N-methyl/N-ethyl adjacent to an activating group) is 1. The lowest BCUT2D eigenvalue weighted by Crippen LogP contribution is -2.56. The van der Waals surface area contributed by atoms with E-state index in [-0.39, 0.29) is 6.04 Å². The fraction of sp³-hybridized carbons (Fsp3) is 0.394. The number of carboxylic acids is 1. The van der Waals surface area contributed by atoms with Crippen LogP contribution in [0.4, 0.5) is 0 Å². The molecule has 0 bridgehead atoms. The van der Waals surface area contributed by atoms with Gasteiger partial charge in [-0.3, -0.25) is 15.1 Å². The maximum absolute atomic E-state index is 13.7. The maximum atomic E-state index is 13.7. The number of carbonyl (C=O) groups is 3. The second-order valence-electron chi connectivity index (χ2n) is 12.3. The van der Waals surface area contributed by atoms with Crippen LogP contribution in [0, 0.1) is 5.41 Å². The number of aliphatic carboxylic acids is 1. The summed E-state index contributed by atoms with van der Waals surface area (Å²) < 4.78 is 5.75. The van der Waals surface area contributed by atoms with Crippen molar-refractivity contribution >= 4 is 29.4 Å². The Morgan fingerprint density at radius 1 is 1.11 bits per heavy atom. The number of rotatable bonds is 9. The quantitative estimate of drug-likeness (QED) is 0.159. The number of ether oxygens (including phenoxy) is 1. The monoisotopic (exact) mass is 598 g/mol. The molecule has 3 unspecified atom stereocenters. The first-order valence-electron chi connectivity index (χ1n) is 14.8. The fourth-order valence-corrected chi connectivity index (χ4v) is 5.79. The van der Waals surface area contributed by atoms with Gasteiger partial charge in [0.15, 0.2) is 0 Å². The Balaban J connectivity index is 1.39. The molecule has 0 saturated carbocycles. The third-order valence-corrected chi connectivity index (χ3v) is 8.16. The summed E-state index contributed by atoms with van der Waals surface area (Å²) in [6.07, 6.45) is 3.91. The summed E-state index contributed by atoms with van der Waals surface area (Å²) in [4.78, 5) is 52.5. The number of aromatic nitrogens is 2. The first-order valence-corrected chi connectivity index (χ1v) is 14.8. The molecule has 5 rings (SSSR count). The Labute approximate surface area is 256 Å². The number of hydrogen-bond donors (Lipinski definition) is 4. The minimum atomic E-state index is -1.76. The molecule has 3 heterocycles. The van der Waals surface area contributed by atoms with E-state index in [9.17, 15) is 19.5 Å². The normalized spacial score (nSPS) is 21.1. The van der Waals surface area contributed by atoms with Gasteiger partial charge in [0.25, 0.3) is 5.91 Å². The highest BCUT2D eigenvalue weighted by Gasteiger charge is 2.55. The lowest BCUT2D eigenvalue weighted by Gasteiger charge is -2.31. The molecule has 1 fully saturated rings. The molecule has 1 saturated heterocycles. The van der Waals surface area contributed by atoms with Gasteiger partial charge in [0.1, 0.15) is 23.0 Å². The van der Waals surface area contributed by atoms with Gasteiger partial charge >= 0.3 is 11.9 Å². The second-order valence-corrected chi connectivity index (χ2v) is 12.3. The summed E-state index contributed by atoms with van der Waals surface area (Å²) >= 11 is 0. The molecule has 1 amide bonds. The molecular weight excluding hydrogens is 560 g/mol. The summed E-state index contributed by atoms with van der Waals surface area (Å²) in [6.45, 7) is 8.02. The van der Waals surface area contributed by atoms with Gasteiger partial charge in [0.2, 0.25) is 5.54 Å². The van der Waals surface area contributed by atoms with Gasteiger partial charge in [0, 0.05) is 0 Å². The van der Waals surface area contributed by atoms with E-state index < -0.39 is 40.6 Å². The summed E-state index contributed by atoms with van der Waals surface area (Å²) in [5.74, 6) is -2.21. The maximum Gasteiger partial charge on any atom is 0.350 e. The molecule has 0 aliphatic carbocycles. The highest BCUT2D eigenvalue weighted by Crippen LogP contribution is 2.34. The molecule has 2 aliphatic heterocycles. The van der Waals surface area contributed by atoms with E-state index in [0.717, 1.165) is 36.1 Å². The highest BCUT2D eigenvalue weighted by molar-refractivity contribution is 6.36. The molecule has 2 aliphatic rings. The summed E-state index contributed by atoms with van der Waals surface area (Å²) in [7, 11) is 1.98. The van der Waals surface area contributed by atoms with Crippen LogP contribution in [-0.2, 0) is 24.7 Å². The van der Waals surface area contributed by atoms with E-state index in [0.29, 0.717) is 29.3 Å². The van der Waals surface area contributed by atoms with E-state index in [1.165, 1.54) is 0 Å². The number of hydrogen-bond acceptors (Lipinski definition) is 8. The zero-order valence-corrected chi connectivity index (χ0v) is 25.6. The second kappa shape index (κ2) is 11.8. The summed E-state index contributed by atoms with van der Waals surface area (Å²) in [5, 5.41) is 20.3. The number of carbonyl (C=O) groups excluding carboxylic acids is 2. The van der Waals surface area contributed by atoms with Crippen molar-refractivity contribution in [3.63, 3.8) is 0 Å². The van der Waals surface area contributed by atoms with Crippen molar-refractivity contribution in [1.29, 1.82) is 5.41 Å². The average molecular weight is 599 g/mol. The number of H-pyrrole nitrogens is 1. The van der Waals surface area contributed by atoms with E-state index in [2.05, 4.69) is 25.2 Å². The number of amidine groups is 1. The van der Waals surface area contributed by atoms with Crippen LogP contribution in [0.25, 0.3) is 22.4 Å². The van der Waals surface area contributed by atoms with Crippen LogP contribution in [0.1, 0.15) is 64.3 Å². The largest absolute Gasteiger partial charge is 0.477 e. The van der Waals surface area contributed by atoms with E-state index in [1.54, 1.807) is 39.1 Å². The molecule has 44 heavy (non-hydrogen) atoms. The van der Waals surface area contributed by atoms with Crippen LogP contribution in [0.5, 0.6) is 0 Å². The number of imidazole rings is 1. The average Bonchev–Trinajstić information content (AvgIpc) is 3.72. The molecule has 2 aromatic carbocycles. The zero-order valence-electron chi connectivity index (χ0n) is 25.6. The number of esters is 1. The molecule has 3 atom stereocenters. The van der Waals surface area contributed by atoms with Crippen molar-refractivity contribution in [2.75, 3.05) is 13.6 Å². The van der Waals surface area contributed by atoms with E-state index in [4.69, 9.17) is 10.1 Å². The number of nitrogens with one attached hydrogen (secondary N) is 3. The number of likely N-dealkylation sites (tertiary alicyclic amines) is 1. The van der Waals surface area contributed by atoms with Gasteiger partial charge in [0.05, 0.1) is 23.9 Å². The van der Waals surface area contributed by atoms with Gasteiger partial charge in [-0.05, 0) is 75.9 Å². The van der Waals surface area contributed by atoms with Crippen LogP contribution in [-0.4, -0.2) is 74.6 Å². The van der Waals surface area contributed by atoms with Crippen molar-refractivity contribution in [2.24, 2.45) is 4.99 Å². The molecule has 230 valence electrons. The van der Waals surface area contributed by atoms with Crippen molar-refractivity contribution < 1.29 is 24.2 Å². The van der Waals surface area contributed by atoms with Gasteiger partial charge in [-0.1, -0.05) is 55.5 Å². The van der Waals surface area contributed by atoms with Crippen LogP contribution in [0.15, 0.2) is 59.7 Å². The number of aromatic amines is 1. The number of amides is 1. The Bertz CT molecular complexity index is 1620. The van der Waals surface area contributed by atoms with Crippen LogP contribution < -0.4 is 5.32 Å². The summed E-state index contributed by atoms with van der Waals surface area (Å²) in [6, 6.07) is 14.9. The minimum absolute atomic E-state index is 0.0656. The lowest BCUT2D eigenvalue weighted by molar-refractivity contribution is -0.165. The van der Waals surface area contributed by atoms with Crippen molar-refractivity contribution in [3.8, 4) is 22.4 Å². The Morgan fingerprint density at radius 3 is 2.27 bits per heavy atom. The van der Waals surface area contributed by atoms with Crippen LogP contribution >= 0.6 is 0 Å². The van der Waals surface area contributed by atoms with E-state index >= 15 is 0 Å². The molecule has 4 N–H and O–H groups in total. The van der Waals surface area contributed by atoms with E-state index in [1.807, 2.05) is 50.4 Å². The Morgan fingerprint density at radius 2 is 1.73 bits per heavy atom. The van der Waals surface area contributed by atoms with Crippen molar-refractivity contribution in [3.05, 3.63) is 66.1 Å². The van der Waals surface area contributed by atoms with Gasteiger partial charge in [-0.15, -0.1) is 0 Å². The smallest absolute Gasteiger partial charge is 0.350 e. The molecule has 3 aromatic rings. The first-order chi connectivity index (χ1) is 20.8. The number of benzene rings is 2. The van der Waals surface area contributed by atoms with Crippen LogP contribution in [0.2, 0.25) is 0 Å². The SMILES string of the molecule is CCC(C(=N)C(=O)O)c1ncc(-c2ccc(-c3ccc(C4(C(=O)OC(C)(C)C)NC(C5CCCN5C)=NC4=O)cc3)cc2)[nH]1. The first kappa shape index (κ1) is 30.8. The Kier molecular flexibility index (Phi) is 8.26. The molecular formula is C33H38N6O5. The predicted molar refractivity (Wildman–Crippen MR) is 167 cm³/mol. The Hall–Kier alpha value is -4.64. The van der Waals surface area contributed by atoms with Gasteiger partial charge in [-0.25, -0.2) is 14.6 Å². The standard InChI is InChI=1S/C33H38N6O5/c1-6-23(26(34)29(40)41)27-35-18-24(36-27)21-11-9-19(10-12-21)20-13-15-22(16-14-20)33(31(43)44-32(2,3)4)30(42)37-28(38-33)25-8-7-17-39(25)5/h9-16,18,23,25,34H,6-8,17H2,1-5H3,(H,35,36)(H,40,41)(H,37,38,42). The highest BCUT2D eigenvalue weighted by atomic mass is 16.6. The molecule has 0 radical (unpaired) electrons. The topological polar surface area (TPSA) is 161 Å². The third-order valence-electron chi connectivity index (χ3n) is 8.16. The number of nitrogens with zero attached hydrogens (tertiary/aromatic N) is 3. The lowest BCUT2D eigenvalue weighted by atomic mass is 9.88. The van der Waals surface area contributed by atoms with Gasteiger partial charge in [-0.2, -0.15) is 4.99 Å². The molecule has 1 aromatic heterocycles. The molecule has 11 nitrogen and oxygen atoms in total. The molecule has 11 heteroatoms. The zero-order chi connectivity index (χ0) is 31.8. The fourth-order valence-electron chi connectivity index (χ4n) is 5.79. The molecule has 0 spiro atoms. The van der Waals surface area contributed by atoms with Crippen molar-refractivity contribution in [2.45, 2.75) is 70.1 Å². The minimum Gasteiger partial charge on any atom is -0.477 e. The summed E-state index contributed by atoms with van der Waals surface area (Å²) in [5.41, 5.74) is 0.863. The van der Waals surface area contributed by atoms with Crippen molar-refractivity contribution in [1.82, 2.24) is 20.2 Å². The third kappa shape index (κ3) is 5.79. The number of carboxylic acid groups (broad SMARTS) is 1. The van der Waals surface area contributed by atoms with Gasteiger partial charge < -0.3 is 20.1 Å².